The number of carbonyl (C=O) groups is 1. The number of rotatable bonds is 11. The fourth-order valence-corrected chi connectivity index (χ4v) is 5.16. The Morgan fingerprint density at radius 2 is 2.06 bits per heavy atom. The number of unbranched alkanes of at least 4 members (excludes halogenated alkanes) is 1. The van der Waals surface area contributed by atoms with Crippen molar-refractivity contribution < 1.29 is 4.79 Å². The first-order valence-corrected chi connectivity index (χ1v) is 12.7. The molecule has 3 heterocycles. The Morgan fingerprint density at radius 3 is 2.86 bits per heavy atom. The molecule has 3 aromatic rings. The summed E-state index contributed by atoms with van der Waals surface area (Å²) in [7, 11) is 0. The van der Waals surface area contributed by atoms with Crippen molar-refractivity contribution in [3.63, 3.8) is 0 Å². The van der Waals surface area contributed by atoms with Gasteiger partial charge in [-0.25, -0.2) is 4.98 Å². The number of aryl methyl sites for hydroxylation is 1. The van der Waals surface area contributed by atoms with Gasteiger partial charge in [-0.2, -0.15) is 0 Å². The summed E-state index contributed by atoms with van der Waals surface area (Å²) in [4.78, 5) is 28.3. The van der Waals surface area contributed by atoms with Crippen LogP contribution in [0.1, 0.15) is 59.2 Å². The van der Waals surface area contributed by atoms with Gasteiger partial charge in [0.1, 0.15) is 5.82 Å². The van der Waals surface area contributed by atoms with Crippen LogP contribution >= 0.6 is 23.2 Å². The van der Waals surface area contributed by atoms with Gasteiger partial charge in [0.05, 0.1) is 33.9 Å². The Balaban J connectivity index is 1.40. The summed E-state index contributed by atoms with van der Waals surface area (Å²) in [6.45, 7) is 6.73. The summed E-state index contributed by atoms with van der Waals surface area (Å²) >= 11 is 12.2. The van der Waals surface area contributed by atoms with Crippen LogP contribution in [0.25, 0.3) is 0 Å². The van der Waals surface area contributed by atoms with Crippen LogP contribution in [-0.2, 0) is 19.5 Å². The lowest BCUT2D eigenvalue weighted by Gasteiger charge is -2.35. The molecule has 1 atom stereocenters. The summed E-state index contributed by atoms with van der Waals surface area (Å²) < 4.78 is 2.13. The van der Waals surface area contributed by atoms with Gasteiger partial charge in [-0.3, -0.25) is 19.7 Å². The van der Waals surface area contributed by atoms with E-state index in [-0.39, 0.29) is 27.6 Å². The normalized spacial score (nSPS) is 15.1. The van der Waals surface area contributed by atoms with Gasteiger partial charge in [0.25, 0.3) is 5.91 Å². The number of amides is 1. The quantitative estimate of drug-likeness (QED) is 0.280. The zero-order valence-corrected chi connectivity index (χ0v) is 21.2. The molecule has 184 valence electrons. The van der Waals surface area contributed by atoms with E-state index >= 15 is 0 Å². The molecule has 1 amide bonds. The predicted octanol–water partition coefficient (Wildman–Crippen LogP) is 5.26. The maximum Gasteiger partial charge on any atom is 0.254 e. The highest BCUT2D eigenvalue weighted by Gasteiger charge is 2.28. The second kappa shape index (κ2) is 12.3. The van der Waals surface area contributed by atoms with Crippen molar-refractivity contribution >= 4 is 29.1 Å². The van der Waals surface area contributed by atoms with E-state index in [1.165, 1.54) is 23.7 Å². The first-order chi connectivity index (χ1) is 17.1. The molecule has 4 rings (SSSR count). The van der Waals surface area contributed by atoms with Crippen LogP contribution in [-0.4, -0.2) is 43.4 Å². The molecule has 0 saturated carbocycles. The number of imidazole rings is 1. The molecule has 1 unspecified atom stereocenters. The Hall–Kier alpha value is -2.74. The van der Waals surface area contributed by atoms with E-state index in [4.69, 9.17) is 28.2 Å². The molecule has 0 spiro atoms. The topological polar surface area (TPSA) is 75.9 Å². The highest BCUT2D eigenvalue weighted by molar-refractivity contribution is 6.39. The van der Waals surface area contributed by atoms with Gasteiger partial charge in [0.15, 0.2) is 0 Å². The predicted molar refractivity (Wildman–Crippen MR) is 139 cm³/mol. The molecular formula is C26H30Cl2N6O. The minimum absolute atomic E-state index is 0.248. The average Bonchev–Trinajstić information content (AvgIpc) is 3.29. The number of hydrogen-bond donors (Lipinski definition) is 1. The maximum atomic E-state index is 12.5. The lowest BCUT2D eigenvalue weighted by atomic mass is 9.90. The second-order valence-corrected chi connectivity index (χ2v) is 9.47. The molecule has 1 aliphatic rings. The summed E-state index contributed by atoms with van der Waals surface area (Å²) in [6.07, 6.45) is 15.5. The second-order valence-electron chi connectivity index (χ2n) is 8.65. The highest BCUT2D eigenvalue weighted by atomic mass is 35.5. The Bertz CT molecular complexity index is 1140. The van der Waals surface area contributed by atoms with Gasteiger partial charge < -0.3 is 9.88 Å². The zero-order chi connectivity index (χ0) is 24.6. The number of fused-ring (bicyclic) bond motifs is 1. The molecular weight excluding hydrogens is 483 g/mol. The van der Waals surface area contributed by atoms with Crippen LogP contribution < -0.4 is 5.32 Å². The number of nitrogens with zero attached hydrogens (tertiary/aromatic N) is 5. The third kappa shape index (κ3) is 6.28. The van der Waals surface area contributed by atoms with Crippen LogP contribution in [0.2, 0.25) is 10.0 Å². The summed E-state index contributed by atoms with van der Waals surface area (Å²) in [6, 6.07) is 4.46. The molecule has 0 saturated heterocycles. The van der Waals surface area contributed by atoms with Crippen LogP contribution in [0.4, 0.5) is 0 Å². The maximum absolute atomic E-state index is 12.5. The molecule has 9 heteroatoms. The van der Waals surface area contributed by atoms with E-state index in [1.807, 2.05) is 30.7 Å². The molecule has 3 aromatic heterocycles. The lowest BCUT2D eigenvalue weighted by molar-refractivity contribution is 0.0952. The third-order valence-electron chi connectivity index (χ3n) is 6.32. The fraction of sp³-hybridized carbons (Fsp3) is 0.385. The smallest absolute Gasteiger partial charge is 0.254 e. The number of nitrogens with one attached hydrogen (secondary N) is 1. The van der Waals surface area contributed by atoms with Gasteiger partial charge in [0, 0.05) is 44.1 Å². The van der Waals surface area contributed by atoms with Crippen LogP contribution in [0.5, 0.6) is 0 Å². The summed E-state index contributed by atoms with van der Waals surface area (Å²) in [5, 5.41) is 3.43. The van der Waals surface area contributed by atoms with Gasteiger partial charge in [0.2, 0.25) is 0 Å². The van der Waals surface area contributed by atoms with Crippen molar-refractivity contribution in [3.8, 4) is 0 Å². The van der Waals surface area contributed by atoms with E-state index in [2.05, 4.69) is 37.4 Å². The van der Waals surface area contributed by atoms with Crippen molar-refractivity contribution in [2.75, 3.05) is 13.1 Å². The molecule has 1 aliphatic carbocycles. The molecule has 0 radical (unpaired) electrons. The van der Waals surface area contributed by atoms with E-state index in [0.29, 0.717) is 6.54 Å². The van der Waals surface area contributed by atoms with Crippen molar-refractivity contribution in [2.24, 2.45) is 0 Å². The highest BCUT2D eigenvalue weighted by Crippen LogP contribution is 2.33. The first-order valence-electron chi connectivity index (χ1n) is 11.9. The number of carbonyl (C=O) groups excluding carboxylic acids is 1. The van der Waals surface area contributed by atoms with Gasteiger partial charge in [-0.15, -0.1) is 6.58 Å². The zero-order valence-electron chi connectivity index (χ0n) is 19.7. The van der Waals surface area contributed by atoms with Crippen LogP contribution in [0.15, 0.2) is 55.8 Å². The van der Waals surface area contributed by atoms with E-state index in [0.717, 1.165) is 57.6 Å². The third-order valence-corrected chi connectivity index (χ3v) is 6.89. The largest absolute Gasteiger partial charge is 0.352 e. The Morgan fingerprint density at radius 1 is 1.23 bits per heavy atom. The first kappa shape index (κ1) is 25.4. The number of aromatic nitrogens is 4. The van der Waals surface area contributed by atoms with E-state index in [1.54, 1.807) is 0 Å². The number of allylic oxidation sites excluding steroid dienone is 1. The minimum Gasteiger partial charge on any atom is -0.352 e. The van der Waals surface area contributed by atoms with Gasteiger partial charge in [-0.05, 0) is 50.3 Å². The minimum atomic E-state index is -0.281. The molecule has 0 aliphatic heterocycles. The molecule has 7 nitrogen and oxygen atoms in total. The molecule has 0 fully saturated rings. The average molecular weight is 513 g/mol. The summed E-state index contributed by atoms with van der Waals surface area (Å²) in [5.74, 6) is 0.736. The van der Waals surface area contributed by atoms with Crippen molar-refractivity contribution in [2.45, 2.75) is 51.2 Å². The molecule has 0 aromatic carbocycles. The Labute approximate surface area is 216 Å². The number of pyridine rings is 2. The SMILES string of the molecule is C=CCn1ccnc1CN(CCCCNC(=O)c1c(Cl)cncc1Cl)C1CCCc2cccnc21. The monoisotopic (exact) mass is 512 g/mol. The van der Waals surface area contributed by atoms with E-state index < -0.39 is 0 Å². The summed E-state index contributed by atoms with van der Waals surface area (Å²) in [5.41, 5.74) is 2.78. The van der Waals surface area contributed by atoms with Crippen molar-refractivity contribution in [3.05, 3.63) is 88.5 Å². The Kier molecular flexibility index (Phi) is 8.90. The number of halogens is 2. The molecule has 1 N–H and O–H groups in total. The number of hydrogen-bond acceptors (Lipinski definition) is 5. The molecule has 0 bridgehead atoms. The van der Waals surface area contributed by atoms with Crippen LogP contribution in [0, 0.1) is 0 Å². The van der Waals surface area contributed by atoms with Crippen molar-refractivity contribution in [1.29, 1.82) is 0 Å². The van der Waals surface area contributed by atoms with Crippen LogP contribution in [0.3, 0.4) is 0 Å². The lowest BCUT2D eigenvalue weighted by Crippen LogP contribution is -2.34. The molecule has 35 heavy (non-hydrogen) atoms. The van der Waals surface area contributed by atoms with Gasteiger partial charge >= 0.3 is 0 Å². The van der Waals surface area contributed by atoms with Crippen molar-refractivity contribution in [1.82, 2.24) is 29.7 Å². The van der Waals surface area contributed by atoms with E-state index in [9.17, 15) is 4.79 Å². The standard InChI is InChI=1S/C26H30Cl2N6O/c1-2-13-33-15-12-30-23(33)18-34(22-9-5-7-19-8-6-11-31-25(19)22)14-4-3-10-32-26(35)24-20(27)16-29-17-21(24)28/h2,6,8,11-12,15-17,22H,1,3-5,7,9-10,13-14,18H2,(H,32,35). The fourth-order valence-electron chi connectivity index (χ4n) is 4.62. The van der Waals surface area contributed by atoms with Gasteiger partial charge in [-0.1, -0.05) is 35.3 Å².